The molecule has 38 heavy (non-hydrogen) atoms. The molecule has 2 aromatic rings. The van der Waals surface area contributed by atoms with E-state index in [-0.39, 0.29) is 11.5 Å². The number of hydrogen-bond donors (Lipinski definition) is 2. The summed E-state index contributed by atoms with van der Waals surface area (Å²) in [5, 5.41) is 1.36. The van der Waals surface area contributed by atoms with Gasteiger partial charge in [-0.25, -0.2) is 8.42 Å². The van der Waals surface area contributed by atoms with Gasteiger partial charge in [-0.05, 0) is 51.9 Å². The van der Waals surface area contributed by atoms with E-state index in [0.29, 0.717) is 29.0 Å². The normalized spacial score (nSPS) is 15.7. The Kier molecular flexibility index (Phi) is 10.6. The first-order valence-corrected chi connectivity index (χ1v) is 14.7. The minimum Gasteiger partial charge on any atom is -0.464 e. The van der Waals surface area contributed by atoms with Gasteiger partial charge in [0.2, 0.25) is 16.4 Å². The van der Waals surface area contributed by atoms with Crippen LogP contribution in [0.1, 0.15) is 33.1 Å². The first-order chi connectivity index (χ1) is 18.0. The predicted molar refractivity (Wildman–Crippen MR) is 154 cm³/mol. The molecule has 1 N–H and O–H groups in total. The van der Waals surface area contributed by atoms with Crippen molar-refractivity contribution in [1.29, 1.82) is 0 Å². The van der Waals surface area contributed by atoms with Gasteiger partial charge >= 0.3 is 5.97 Å². The molecule has 1 saturated heterocycles. The van der Waals surface area contributed by atoms with Crippen LogP contribution in [0.5, 0.6) is 0 Å². The second-order valence-corrected chi connectivity index (χ2v) is 11.9. The van der Waals surface area contributed by atoms with Crippen LogP contribution < -0.4 is 9.62 Å². The molecule has 3 rings (SSSR count). The summed E-state index contributed by atoms with van der Waals surface area (Å²) in [6.45, 7) is 6.76. The van der Waals surface area contributed by atoms with Crippen molar-refractivity contribution >= 4 is 51.5 Å². The number of rotatable bonds is 13. The van der Waals surface area contributed by atoms with Gasteiger partial charge in [-0.3, -0.25) is 9.59 Å². The predicted octanol–water partition coefficient (Wildman–Crippen LogP) is 3.22. The van der Waals surface area contributed by atoms with Crippen LogP contribution in [-0.4, -0.2) is 83.5 Å². The van der Waals surface area contributed by atoms with Crippen LogP contribution in [-0.2, 0) is 24.3 Å². The zero-order valence-electron chi connectivity index (χ0n) is 22.5. The van der Waals surface area contributed by atoms with Crippen LogP contribution in [0.25, 0.3) is 10.8 Å². The quantitative estimate of drug-likeness (QED) is 0.220. The van der Waals surface area contributed by atoms with Crippen LogP contribution in [0.3, 0.4) is 0 Å². The lowest BCUT2D eigenvalue weighted by atomic mass is 10.1. The van der Waals surface area contributed by atoms with Gasteiger partial charge in [0.15, 0.2) is 0 Å². The minimum atomic E-state index is -4.00. The van der Waals surface area contributed by atoms with E-state index in [1.165, 1.54) is 25.8 Å². The fourth-order valence-corrected chi connectivity index (χ4v) is 6.14. The van der Waals surface area contributed by atoms with Crippen LogP contribution >= 0.6 is 12.6 Å². The number of nitrogens with one attached hydrogen (secondary N) is 1. The van der Waals surface area contributed by atoms with Gasteiger partial charge in [0.05, 0.1) is 11.5 Å². The van der Waals surface area contributed by atoms with Gasteiger partial charge in [-0.1, -0.05) is 24.3 Å². The smallest absolute Gasteiger partial charge is 0.323 e. The fraction of sp³-hybridized carbons (Fsp3) is 0.481. The number of amides is 1. The summed E-state index contributed by atoms with van der Waals surface area (Å²) in [5.41, 5.74) is 1.60. The molecule has 0 radical (unpaired) electrons. The summed E-state index contributed by atoms with van der Waals surface area (Å²) >= 11 is 4.51. The lowest BCUT2D eigenvalue weighted by Gasteiger charge is -2.23. The van der Waals surface area contributed by atoms with Crippen molar-refractivity contribution < 1.29 is 22.7 Å². The van der Waals surface area contributed by atoms with E-state index in [4.69, 9.17) is 4.74 Å². The number of likely N-dealkylation sites (tertiary alicyclic amines) is 1. The van der Waals surface area contributed by atoms with E-state index in [1.807, 2.05) is 38.1 Å². The maximum absolute atomic E-state index is 13.2. The van der Waals surface area contributed by atoms with Crippen LogP contribution in [0.4, 0.5) is 5.69 Å². The Bertz CT molecular complexity index is 1270. The van der Waals surface area contributed by atoms with E-state index in [9.17, 15) is 18.0 Å². The van der Waals surface area contributed by atoms with E-state index >= 15 is 0 Å². The number of carbonyl (C=O) groups excluding carboxylic acids is 2. The Hall–Kier alpha value is -2.60. The van der Waals surface area contributed by atoms with Crippen molar-refractivity contribution in [1.82, 2.24) is 14.5 Å². The molecular formula is C27H38N4O5S2. The molecule has 11 heteroatoms. The number of carbonyl (C=O) groups is 2. The van der Waals surface area contributed by atoms with Gasteiger partial charge in [0.1, 0.15) is 6.04 Å². The van der Waals surface area contributed by atoms with Crippen LogP contribution in [0.2, 0.25) is 0 Å². The van der Waals surface area contributed by atoms with Gasteiger partial charge in [0, 0.05) is 60.7 Å². The molecule has 0 spiro atoms. The average Bonchev–Trinajstić information content (AvgIpc) is 3.41. The van der Waals surface area contributed by atoms with E-state index in [0.717, 1.165) is 37.1 Å². The molecule has 1 amide bonds. The summed E-state index contributed by atoms with van der Waals surface area (Å²) in [6, 6.07) is 9.44. The maximum Gasteiger partial charge on any atom is 0.323 e. The summed E-state index contributed by atoms with van der Waals surface area (Å²) in [4.78, 5) is 30.8. The lowest BCUT2D eigenvalue weighted by Crippen LogP contribution is -2.39. The molecule has 208 valence electrons. The molecule has 9 nitrogen and oxygen atoms in total. The number of benzene rings is 2. The zero-order chi connectivity index (χ0) is 27.9. The fourth-order valence-electron chi connectivity index (χ4n) is 4.51. The molecule has 0 bridgehead atoms. The van der Waals surface area contributed by atoms with Crippen molar-refractivity contribution in [3.8, 4) is 0 Å². The first kappa shape index (κ1) is 29.9. The van der Waals surface area contributed by atoms with Crippen molar-refractivity contribution in [2.45, 2.75) is 44.0 Å². The molecule has 1 fully saturated rings. The third-order valence-electron chi connectivity index (χ3n) is 6.73. The minimum absolute atomic E-state index is 0.0142. The number of ether oxygens (including phenoxy) is 1. The highest BCUT2D eigenvalue weighted by molar-refractivity contribution is 7.89. The Balaban J connectivity index is 1.58. The molecule has 1 atom stereocenters. The number of nitrogens with zero attached hydrogens (tertiary/aromatic N) is 3. The molecule has 1 heterocycles. The summed E-state index contributed by atoms with van der Waals surface area (Å²) in [7, 11) is -0.213. The molecule has 1 aliphatic heterocycles. The molecular weight excluding hydrogens is 524 g/mol. The molecule has 1 aliphatic rings. The number of thiol groups is 1. The Morgan fingerprint density at radius 1 is 1.16 bits per heavy atom. The average molecular weight is 563 g/mol. The van der Waals surface area contributed by atoms with Crippen molar-refractivity contribution in [2.75, 3.05) is 51.8 Å². The standard InChI is InChI=1S/C27H38N4O5S2/c1-20(28-38(34,35)26-12-8-9-22-23(26)10-7-11-24(22)29(3)4)27(33)36-18-13-25(37)21(2)31(19-32)17-16-30-14-5-6-15-30/h7-12,19-20,28,37H,5-6,13-18H2,1-4H3/b25-21-. The van der Waals surface area contributed by atoms with Crippen LogP contribution in [0.15, 0.2) is 51.9 Å². The summed E-state index contributed by atoms with van der Waals surface area (Å²) < 4.78 is 34.1. The number of hydrogen-bond acceptors (Lipinski definition) is 8. The van der Waals surface area contributed by atoms with Gasteiger partial charge in [0.25, 0.3) is 0 Å². The second-order valence-electron chi connectivity index (χ2n) is 9.66. The largest absolute Gasteiger partial charge is 0.464 e. The first-order valence-electron chi connectivity index (χ1n) is 12.8. The van der Waals surface area contributed by atoms with Gasteiger partial charge in [-0.15, -0.1) is 12.6 Å². The number of sulfonamides is 1. The summed E-state index contributed by atoms with van der Waals surface area (Å²) in [6.07, 6.45) is 3.48. The van der Waals surface area contributed by atoms with Crippen molar-refractivity contribution in [3.05, 3.63) is 47.0 Å². The molecule has 1 unspecified atom stereocenters. The number of fused-ring (bicyclic) bond motifs is 1. The van der Waals surface area contributed by atoms with Crippen molar-refractivity contribution in [2.24, 2.45) is 0 Å². The SMILES string of the molecule is C/C(=C(/S)CCOC(=O)C(C)NS(=O)(=O)c1cccc2c(N(C)C)cccc12)N(C=O)CCN1CCCC1. The third kappa shape index (κ3) is 7.49. The highest BCUT2D eigenvalue weighted by atomic mass is 32.2. The second kappa shape index (κ2) is 13.5. The van der Waals surface area contributed by atoms with Gasteiger partial charge in [-0.2, -0.15) is 4.72 Å². The molecule has 0 aromatic heterocycles. The Morgan fingerprint density at radius 2 is 1.82 bits per heavy atom. The van der Waals surface area contributed by atoms with Gasteiger partial charge < -0.3 is 19.4 Å². The highest BCUT2D eigenvalue weighted by Crippen LogP contribution is 2.30. The Labute approximate surface area is 231 Å². The molecule has 0 saturated carbocycles. The third-order valence-corrected chi connectivity index (χ3v) is 8.88. The zero-order valence-corrected chi connectivity index (χ0v) is 24.2. The highest BCUT2D eigenvalue weighted by Gasteiger charge is 2.25. The molecule has 2 aromatic carbocycles. The topological polar surface area (TPSA) is 99.3 Å². The number of anilines is 1. The monoisotopic (exact) mass is 562 g/mol. The number of allylic oxidation sites excluding steroid dienone is 1. The lowest BCUT2D eigenvalue weighted by molar-refractivity contribution is -0.145. The maximum atomic E-state index is 13.2. The van der Waals surface area contributed by atoms with Crippen LogP contribution in [0, 0.1) is 0 Å². The Morgan fingerprint density at radius 3 is 2.47 bits per heavy atom. The van der Waals surface area contributed by atoms with Crippen molar-refractivity contribution in [3.63, 3.8) is 0 Å². The summed E-state index contributed by atoms with van der Waals surface area (Å²) in [5.74, 6) is -0.692. The number of esters is 1. The van der Waals surface area contributed by atoms with E-state index < -0.39 is 22.0 Å². The molecule has 0 aliphatic carbocycles. The van der Waals surface area contributed by atoms with E-state index in [1.54, 1.807) is 23.1 Å². The van der Waals surface area contributed by atoms with E-state index in [2.05, 4.69) is 22.3 Å².